The summed E-state index contributed by atoms with van der Waals surface area (Å²) in [6, 6.07) is 8.33. The number of hydrogen-bond acceptors (Lipinski definition) is 2. The van der Waals surface area contributed by atoms with Gasteiger partial charge >= 0.3 is 0 Å². The fourth-order valence-electron chi connectivity index (χ4n) is 2.27. The number of benzene rings is 1. The zero-order valence-electron chi connectivity index (χ0n) is 8.68. The molecule has 78 valence electrons. The number of rotatable bonds is 2. The molecule has 1 aromatic carbocycles. The second-order valence-corrected chi connectivity index (χ2v) is 5.42. The van der Waals surface area contributed by atoms with Gasteiger partial charge in [0.05, 0.1) is 6.10 Å². The SMILES string of the molecule is CC1CC1C(O)c1cccc2ccsc12. The summed E-state index contributed by atoms with van der Waals surface area (Å²) >= 11 is 1.73. The van der Waals surface area contributed by atoms with Gasteiger partial charge < -0.3 is 5.11 Å². The van der Waals surface area contributed by atoms with Crippen molar-refractivity contribution in [2.45, 2.75) is 19.4 Å². The molecule has 3 rings (SSSR count). The van der Waals surface area contributed by atoms with Crippen LogP contribution in [-0.4, -0.2) is 5.11 Å². The summed E-state index contributed by atoms with van der Waals surface area (Å²) in [5.74, 6) is 1.17. The third kappa shape index (κ3) is 1.48. The summed E-state index contributed by atoms with van der Waals surface area (Å²) in [6.45, 7) is 2.21. The van der Waals surface area contributed by atoms with Crippen LogP contribution in [0, 0.1) is 11.8 Å². The average molecular weight is 218 g/mol. The monoisotopic (exact) mass is 218 g/mol. The van der Waals surface area contributed by atoms with Crippen molar-refractivity contribution in [3.63, 3.8) is 0 Å². The summed E-state index contributed by atoms with van der Waals surface area (Å²) in [4.78, 5) is 0. The quantitative estimate of drug-likeness (QED) is 0.816. The Bertz CT molecular complexity index is 488. The molecule has 1 aromatic heterocycles. The van der Waals surface area contributed by atoms with E-state index in [0.29, 0.717) is 11.8 Å². The molecule has 1 aliphatic rings. The van der Waals surface area contributed by atoms with Gasteiger partial charge in [-0.3, -0.25) is 0 Å². The molecule has 2 heteroatoms. The average Bonchev–Trinajstić information content (AvgIpc) is 2.80. The predicted octanol–water partition coefficient (Wildman–Crippen LogP) is 3.59. The normalized spacial score (nSPS) is 26.8. The zero-order chi connectivity index (χ0) is 10.4. The van der Waals surface area contributed by atoms with Crippen LogP contribution in [0.2, 0.25) is 0 Å². The van der Waals surface area contributed by atoms with Gasteiger partial charge in [-0.05, 0) is 40.7 Å². The van der Waals surface area contributed by atoms with Crippen LogP contribution in [0.3, 0.4) is 0 Å². The molecule has 1 aliphatic carbocycles. The summed E-state index contributed by atoms with van der Waals surface area (Å²) in [5.41, 5.74) is 1.12. The Kier molecular flexibility index (Phi) is 2.08. The molecule has 0 aliphatic heterocycles. The Morgan fingerprint density at radius 1 is 1.40 bits per heavy atom. The van der Waals surface area contributed by atoms with E-state index in [2.05, 4.69) is 30.5 Å². The summed E-state index contributed by atoms with van der Waals surface area (Å²) in [5, 5.41) is 13.6. The van der Waals surface area contributed by atoms with Crippen LogP contribution < -0.4 is 0 Å². The van der Waals surface area contributed by atoms with Crippen molar-refractivity contribution in [2.24, 2.45) is 11.8 Å². The lowest BCUT2D eigenvalue weighted by molar-refractivity contribution is 0.150. The van der Waals surface area contributed by atoms with E-state index in [1.165, 1.54) is 16.5 Å². The molecule has 3 unspecified atom stereocenters. The number of fused-ring (bicyclic) bond motifs is 1. The van der Waals surface area contributed by atoms with Gasteiger partial charge in [0.1, 0.15) is 0 Å². The highest BCUT2D eigenvalue weighted by Crippen LogP contribution is 2.48. The minimum atomic E-state index is -0.262. The molecular formula is C13H14OS. The highest BCUT2D eigenvalue weighted by molar-refractivity contribution is 7.17. The lowest BCUT2D eigenvalue weighted by Gasteiger charge is -2.11. The minimum Gasteiger partial charge on any atom is -0.388 e. The van der Waals surface area contributed by atoms with Gasteiger partial charge in [0.15, 0.2) is 0 Å². The van der Waals surface area contributed by atoms with Crippen LogP contribution in [0.5, 0.6) is 0 Å². The number of aliphatic hydroxyl groups excluding tert-OH is 1. The molecule has 0 amide bonds. The molecule has 0 radical (unpaired) electrons. The van der Waals surface area contributed by atoms with Gasteiger partial charge in [-0.25, -0.2) is 0 Å². The van der Waals surface area contributed by atoms with Crippen molar-refractivity contribution in [2.75, 3.05) is 0 Å². The van der Waals surface area contributed by atoms with Crippen molar-refractivity contribution in [1.82, 2.24) is 0 Å². The Labute approximate surface area is 93.4 Å². The maximum absolute atomic E-state index is 10.3. The van der Waals surface area contributed by atoms with Gasteiger partial charge in [-0.2, -0.15) is 0 Å². The molecule has 0 bridgehead atoms. The topological polar surface area (TPSA) is 20.2 Å². The molecule has 1 nitrogen and oxygen atoms in total. The van der Waals surface area contributed by atoms with Crippen LogP contribution in [0.4, 0.5) is 0 Å². The Morgan fingerprint density at radius 3 is 2.93 bits per heavy atom. The van der Waals surface area contributed by atoms with E-state index in [9.17, 15) is 5.11 Å². The molecule has 2 aromatic rings. The van der Waals surface area contributed by atoms with Crippen molar-refractivity contribution >= 4 is 21.4 Å². The highest BCUT2D eigenvalue weighted by atomic mass is 32.1. The largest absolute Gasteiger partial charge is 0.388 e. The zero-order valence-corrected chi connectivity index (χ0v) is 9.50. The Hall–Kier alpha value is -0.860. The number of thiophene rings is 1. The minimum absolute atomic E-state index is 0.262. The summed E-state index contributed by atoms with van der Waals surface area (Å²) in [6.07, 6.45) is 0.908. The van der Waals surface area contributed by atoms with Crippen LogP contribution in [0.1, 0.15) is 25.0 Å². The third-order valence-corrected chi connectivity index (χ3v) is 4.38. The molecule has 1 fully saturated rings. The second kappa shape index (κ2) is 3.32. The van der Waals surface area contributed by atoms with Crippen LogP contribution in [0.25, 0.3) is 10.1 Å². The first kappa shape index (κ1) is 9.37. The van der Waals surface area contributed by atoms with E-state index in [1.54, 1.807) is 11.3 Å². The Balaban J connectivity index is 2.06. The lowest BCUT2D eigenvalue weighted by atomic mass is 10.0. The summed E-state index contributed by atoms with van der Waals surface area (Å²) in [7, 11) is 0. The first-order valence-electron chi connectivity index (χ1n) is 5.41. The molecule has 1 heterocycles. The first-order chi connectivity index (χ1) is 7.27. The maximum atomic E-state index is 10.3. The fraction of sp³-hybridized carbons (Fsp3) is 0.385. The maximum Gasteiger partial charge on any atom is 0.0834 e. The second-order valence-electron chi connectivity index (χ2n) is 4.51. The van der Waals surface area contributed by atoms with Crippen molar-refractivity contribution in [3.05, 3.63) is 35.2 Å². The predicted molar refractivity (Wildman–Crippen MR) is 64.1 cm³/mol. The number of hydrogen-bond donors (Lipinski definition) is 1. The van der Waals surface area contributed by atoms with Gasteiger partial charge in [0, 0.05) is 4.70 Å². The standard InChI is InChI=1S/C13H14OS/c1-8-7-11(8)12(14)10-4-2-3-9-5-6-15-13(9)10/h2-6,8,11-12,14H,7H2,1H3. The van der Waals surface area contributed by atoms with Gasteiger partial charge in [-0.1, -0.05) is 25.1 Å². The molecule has 3 atom stereocenters. The molecule has 1 saturated carbocycles. The van der Waals surface area contributed by atoms with Crippen LogP contribution in [-0.2, 0) is 0 Å². The molecule has 0 saturated heterocycles. The first-order valence-corrected chi connectivity index (χ1v) is 6.29. The van der Waals surface area contributed by atoms with E-state index in [0.717, 1.165) is 5.56 Å². The van der Waals surface area contributed by atoms with Gasteiger partial charge in [0.2, 0.25) is 0 Å². The smallest absolute Gasteiger partial charge is 0.0834 e. The van der Waals surface area contributed by atoms with Crippen molar-refractivity contribution in [3.8, 4) is 0 Å². The highest BCUT2D eigenvalue weighted by Gasteiger charge is 2.39. The van der Waals surface area contributed by atoms with Crippen LogP contribution in [0.15, 0.2) is 29.6 Å². The van der Waals surface area contributed by atoms with Gasteiger partial charge in [-0.15, -0.1) is 11.3 Å². The van der Waals surface area contributed by atoms with E-state index >= 15 is 0 Å². The fourth-order valence-corrected chi connectivity index (χ4v) is 3.22. The van der Waals surface area contributed by atoms with Crippen molar-refractivity contribution in [1.29, 1.82) is 0 Å². The molecular weight excluding hydrogens is 204 g/mol. The van der Waals surface area contributed by atoms with E-state index in [1.807, 2.05) is 6.07 Å². The third-order valence-electron chi connectivity index (χ3n) is 3.41. The molecule has 0 spiro atoms. The van der Waals surface area contributed by atoms with Crippen molar-refractivity contribution < 1.29 is 5.11 Å². The van der Waals surface area contributed by atoms with E-state index in [-0.39, 0.29) is 6.10 Å². The Morgan fingerprint density at radius 2 is 2.20 bits per heavy atom. The van der Waals surface area contributed by atoms with E-state index in [4.69, 9.17) is 0 Å². The van der Waals surface area contributed by atoms with E-state index < -0.39 is 0 Å². The lowest BCUT2D eigenvalue weighted by Crippen LogP contribution is -2.00. The molecule has 15 heavy (non-hydrogen) atoms. The molecule has 1 N–H and O–H groups in total. The summed E-state index contributed by atoms with van der Waals surface area (Å²) < 4.78 is 1.25. The van der Waals surface area contributed by atoms with Crippen LogP contribution >= 0.6 is 11.3 Å². The number of aliphatic hydroxyl groups is 1. The van der Waals surface area contributed by atoms with Gasteiger partial charge in [0.25, 0.3) is 0 Å².